The molecule has 1 saturated heterocycles. The van der Waals surface area contributed by atoms with Crippen LogP contribution in [0.15, 0.2) is 0 Å². The van der Waals surface area contributed by atoms with Crippen molar-refractivity contribution in [3.05, 3.63) is 0 Å². The molecule has 1 fully saturated rings. The number of nitrogens with zero attached hydrogens (tertiary/aromatic N) is 1. The van der Waals surface area contributed by atoms with Gasteiger partial charge in [0.1, 0.15) is 0 Å². The second-order valence-corrected chi connectivity index (χ2v) is 20.7. The summed E-state index contributed by atoms with van der Waals surface area (Å²) in [5.74, 6) is 0. The first-order valence-corrected chi connectivity index (χ1v) is 12.2. The summed E-state index contributed by atoms with van der Waals surface area (Å²) in [6.45, 7) is 9.78. The summed E-state index contributed by atoms with van der Waals surface area (Å²) in [4.78, 5) is 2.22. The van der Waals surface area contributed by atoms with Crippen LogP contribution in [-0.2, 0) is 4.43 Å². The minimum Gasteiger partial charge on any atom is -0.405 e. The lowest BCUT2D eigenvalue weighted by Gasteiger charge is -2.47. The summed E-state index contributed by atoms with van der Waals surface area (Å²) in [7, 11) is 1.88. The molecule has 0 aliphatic carbocycles. The molecule has 0 aromatic carbocycles. The molecule has 0 spiro atoms. The third-order valence-electron chi connectivity index (χ3n) is 3.65. The smallest absolute Gasteiger partial charge is 0.175 e. The molecule has 1 atom stereocenters. The molecule has 0 aromatic rings. The van der Waals surface area contributed by atoms with Crippen molar-refractivity contribution in [3.63, 3.8) is 0 Å². The van der Waals surface area contributed by atoms with Crippen LogP contribution in [0.5, 0.6) is 0 Å². The summed E-state index contributed by atoms with van der Waals surface area (Å²) in [6.07, 6.45) is 1.63. The third kappa shape index (κ3) is 2.23. The Hall–Kier alpha value is 0.354. The Labute approximate surface area is 84.2 Å². The lowest BCUT2D eigenvalue weighted by molar-refractivity contribution is 0.0517. The van der Waals surface area contributed by atoms with Crippen LogP contribution in [0.1, 0.15) is 6.42 Å². The molecule has 0 bridgehead atoms. The van der Waals surface area contributed by atoms with E-state index in [4.69, 9.17) is 4.43 Å². The van der Waals surface area contributed by atoms with E-state index in [1.165, 1.54) is 12.5 Å². The van der Waals surface area contributed by atoms with Crippen molar-refractivity contribution in [3.8, 4) is 0 Å². The lowest BCUT2D eigenvalue weighted by Crippen LogP contribution is -2.63. The van der Waals surface area contributed by atoms with Gasteiger partial charge >= 0.3 is 0 Å². The van der Waals surface area contributed by atoms with Crippen LogP contribution in [0.25, 0.3) is 0 Å². The molecule has 1 rings (SSSR count). The molecule has 1 aliphatic heterocycles. The first-order valence-electron chi connectivity index (χ1n) is 5.10. The zero-order valence-electron chi connectivity index (χ0n) is 9.85. The van der Waals surface area contributed by atoms with E-state index in [2.05, 4.69) is 45.2 Å². The van der Waals surface area contributed by atoms with Crippen LogP contribution in [0, 0.1) is 0 Å². The standard InChI is InChI=1S/C9H23NOSi2/c1-10(2)9-7-8-12(3,4)13(5,6)11-9/h9H,7-8H2,1-6H3. The highest BCUT2D eigenvalue weighted by atomic mass is 29.3. The topological polar surface area (TPSA) is 12.5 Å². The molecule has 0 amide bonds. The molecular weight excluding hydrogens is 194 g/mol. The van der Waals surface area contributed by atoms with Crippen molar-refractivity contribution < 1.29 is 4.43 Å². The number of hydrogen-bond acceptors (Lipinski definition) is 2. The summed E-state index contributed by atoms with van der Waals surface area (Å²) in [5, 5.41) is 0. The maximum atomic E-state index is 6.28. The van der Waals surface area contributed by atoms with E-state index in [0.717, 1.165) is 0 Å². The molecule has 1 aliphatic rings. The van der Waals surface area contributed by atoms with Gasteiger partial charge in [0.05, 0.1) is 13.8 Å². The minimum atomic E-state index is -1.35. The molecule has 1 heterocycles. The van der Waals surface area contributed by atoms with Gasteiger partial charge in [0.15, 0.2) is 7.83 Å². The fraction of sp³-hybridized carbons (Fsp3) is 1.00. The quantitative estimate of drug-likeness (QED) is 0.625. The highest BCUT2D eigenvalue weighted by Crippen LogP contribution is 2.33. The van der Waals surface area contributed by atoms with Crippen LogP contribution < -0.4 is 0 Å². The molecule has 0 saturated carbocycles. The Morgan fingerprint density at radius 1 is 1.15 bits per heavy atom. The van der Waals surface area contributed by atoms with E-state index in [1.54, 1.807) is 0 Å². The lowest BCUT2D eigenvalue weighted by atomic mass is 10.4. The second kappa shape index (κ2) is 3.49. The van der Waals surface area contributed by atoms with Crippen LogP contribution in [0.3, 0.4) is 0 Å². The van der Waals surface area contributed by atoms with E-state index >= 15 is 0 Å². The fourth-order valence-electron chi connectivity index (χ4n) is 1.71. The Morgan fingerprint density at radius 3 is 2.08 bits per heavy atom. The molecule has 78 valence electrons. The van der Waals surface area contributed by atoms with Crippen LogP contribution in [-0.4, -0.2) is 40.6 Å². The Morgan fingerprint density at radius 2 is 1.69 bits per heavy atom. The summed E-state index contributed by atoms with van der Waals surface area (Å²) in [6, 6.07) is 1.44. The van der Waals surface area contributed by atoms with Gasteiger partial charge in [-0.1, -0.05) is 19.1 Å². The van der Waals surface area contributed by atoms with Gasteiger partial charge in [-0.25, -0.2) is 0 Å². The maximum absolute atomic E-state index is 6.28. The van der Waals surface area contributed by atoms with Crippen molar-refractivity contribution in [2.75, 3.05) is 14.1 Å². The second-order valence-electron chi connectivity index (χ2n) is 5.47. The summed E-state index contributed by atoms with van der Waals surface area (Å²) < 4.78 is 6.28. The molecule has 4 heteroatoms. The molecular formula is C9H23NOSi2. The zero-order chi connectivity index (χ0) is 10.3. The van der Waals surface area contributed by atoms with E-state index in [-0.39, 0.29) is 0 Å². The fourth-order valence-corrected chi connectivity index (χ4v) is 8.21. The van der Waals surface area contributed by atoms with E-state index < -0.39 is 15.4 Å². The van der Waals surface area contributed by atoms with E-state index in [1.807, 2.05) is 0 Å². The van der Waals surface area contributed by atoms with Gasteiger partial charge in [-0.15, -0.1) is 0 Å². The molecule has 0 radical (unpaired) electrons. The van der Waals surface area contributed by atoms with Crippen LogP contribution in [0.2, 0.25) is 32.2 Å². The van der Waals surface area contributed by atoms with Crippen molar-refractivity contribution >= 4 is 15.4 Å². The monoisotopic (exact) mass is 217 g/mol. The van der Waals surface area contributed by atoms with Crippen molar-refractivity contribution in [1.29, 1.82) is 0 Å². The Balaban J connectivity index is 2.71. The molecule has 1 unspecified atom stereocenters. The molecule has 2 nitrogen and oxygen atoms in total. The third-order valence-corrected chi connectivity index (χ3v) is 20.2. The number of hydrogen-bond donors (Lipinski definition) is 0. The maximum Gasteiger partial charge on any atom is 0.175 e. The molecule has 0 aromatic heterocycles. The average Bonchev–Trinajstić information content (AvgIpc) is 1.94. The van der Waals surface area contributed by atoms with Gasteiger partial charge in [0.2, 0.25) is 0 Å². The largest absolute Gasteiger partial charge is 0.405 e. The van der Waals surface area contributed by atoms with Gasteiger partial charge in [0.25, 0.3) is 0 Å². The van der Waals surface area contributed by atoms with Crippen molar-refractivity contribution in [1.82, 2.24) is 4.90 Å². The van der Waals surface area contributed by atoms with E-state index in [0.29, 0.717) is 6.23 Å². The predicted octanol–water partition coefficient (Wildman–Crippen LogP) is 2.29. The molecule has 0 N–H and O–H groups in total. The van der Waals surface area contributed by atoms with Gasteiger partial charge < -0.3 is 4.43 Å². The normalized spacial score (nSPS) is 32.1. The number of rotatable bonds is 1. The summed E-state index contributed by atoms with van der Waals surface area (Å²) in [5.41, 5.74) is 0. The van der Waals surface area contributed by atoms with Gasteiger partial charge in [-0.3, -0.25) is 4.90 Å². The first-order chi connectivity index (χ1) is 5.76. The van der Waals surface area contributed by atoms with Crippen molar-refractivity contribution in [2.45, 2.75) is 44.9 Å². The average molecular weight is 217 g/mol. The van der Waals surface area contributed by atoms with Gasteiger partial charge in [-0.2, -0.15) is 0 Å². The highest BCUT2D eigenvalue weighted by Gasteiger charge is 2.47. The SMILES string of the molecule is CN(C)C1CC[Si](C)(C)[Si](C)(C)O1. The Bertz CT molecular complexity index is 192. The highest BCUT2D eigenvalue weighted by molar-refractivity contribution is 7.38. The minimum absolute atomic E-state index is 0.391. The van der Waals surface area contributed by atoms with Crippen LogP contribution >= 0.6 is 0 Å². The van der Waals surface area contributed by atoms with E-state index in [9.17, 15) is 0 Å². The first kappa shape index (κ1) is 11.4. The van der Waals surface area contributed by atoms with Gasteiger partial charge in [0, 0.05) is 0 Å². The predicted molar refractivity (Wildman–Crippen MR) is 62.9 cm³/mol. The van der Waals surface area contributed by atoms with Gasteiger partial charge in [-0.05, 0) is 33.6 Å². The summed E-state index contributed by atoms with van der Waals surface area (Å²) >= 11 is 0. The zero-order valence-corrected chi connectivity index (χ0v) is 11.8. The molecule has 13 heavy (non-hydrogen) atoms. The Kier molecular flexibility index (Phi) is 3.07. The van der Waals surface area contributed by atoms with Crippen LogP contribution in [0.4, 0.5) is 0 Å². The van der Waals surface area contributed by atoms with Crippen molar-refractivity contribution in [2.24, 2.45) is 0 Å².